The maximum Gasteiger partial charge on any atom is 0.117 e. The van der Waals surface area contributed by atoms with Gasteiger partial charge in [-0.1, -0.05) is 23.4 Å². The first kappa shape index (κ1) is 18.2. The summed E-state index contributed by atoms with van der Waals surface area (Å²) in [6.45, 7) is 3.13. The van der Waals surface area contributed by atoms with Crippen LogP contribution >= 0.6 is 0 Å². The number of benzene rings is 1. The molecule has 3 aromatic rings. The summed E-state index contributed by atoms with van der Waals surface area (Å²) in [6.07, 6.45) is 9.92. The molecule has 0 radical (unpaired) electrons. The van der Waals surface area contributed by atoms with Crippen LogP contribution in [0.2, 0.25) is 0 Å². The molecule has 1 aromatic carbocycles. The fourth-order valence-electron chi connectivity index (χ4n) is 4.65. The monoisotopic (exact) mass is 387 g/mol. The summed E-state index contributed by atoms with van der Waals surface area (Å²) in [5, 5.41) is 11.7. The third kappa shape index (κ3) is 3.60. The lowest BCUT2D eigenvalue weighted by atomic mass is 9.97. The Balaban J connectivity index is 1.53. The van der Waals surface area contributed by atoms with Gasteiger partial charge in [0.05, 0.1) is 0 Å². The highest BCUT2D eigenvalue weighted by molar-refractivity contribution is 5.80. The maximum atomic E-state index is 11.1. The number of hydrogen-bond acceptors (Lipinski definition) is 5. The van der Waals surface area contributed by atoms with E-state index in [1.807, 2.05) is 24.5 Å². The molecule has 1 aliphatic heterocycles. The Morgan fingerprint density at radius 2 is 1.90 bits per heavy atom. The van der Waals surface area contributed by atoms with Gasteiger partial charge in [0.25, 0.3) is 0 Å². The molecule has 3 heterocycles. The van der Waals surface area contributed by atoms with Gasteiger partial charge in [-0.2, -0.15) is 10.0 Å². The second-order valence-electron chi connectivity index (χ2n) is 8.12. The molecule has 2 aliphatic rings. The van der Waals surface area contributed by atoms with Gasteiger partial charge in [0.1, 0.15) is 11.7 Å². The molecule has 2 aromatic heterocycles. The number of fused-ring (bicyclic) bond motifs is 1. The predicted octanol–water partition coefficient (Wildman–Crippen LogP) is 4.37. The zero-order valence-corrected chi connectivity index (χ0v) is 16.4. The highest BCUT2D eigenvalue weighted by Crippen LogP contribution is 2.38. The standard InChI is InChI=1S/C23H25N5O/c29-27-22-4-2-18-13-19(1-3-20(18)22)21-15-28(14-16-5-9-24-10-6-16)26-23(21)17-7-11-25-12-8-17/h1,3,7-8,11-13,15-16,22,24H,2,4-6,9-10,14H2. The van der Waals surface area contributed by atoms with Gasteiger partial charge < -0.3 is 5.32 Å². The third-order valence-electron chi connectivity index (χ3n) is 6.25. The number of nitrogens with one attached hydrogen (secondary N) is 1. The summed E-state index contributed by atoms with van der Waals surface area (Å²) in [5.41, 5.74) is 6.67. The summed E-state index contributed by atoms with van der Waals surface area (Å²) in [5.74, 6) is 0.661. The first-order chi connectivity index (χ1) is 14.3. The van der Waals surface area contributed by atoms with Crippen LogP contribution in [0.4, 0.5) is 0 Å². The van der Waals surface area contributed by atoms with Crippen molar-refractivity contribution in [3.63, 3.8) is 0 Å². The minimum Gasteiger partial charge on any atom is -0.317 e. The molecule has 148 valence electrons. The van der Waals surface area contributed by atoms with E-state index >= 15 is 0 Å². The SMILES string of the molecule is O=NC1CCc2cc(-c3cn(CC4CCNCC4)nc3-c3ccncc3)ccc21. The van der Waals surface area contributed by atoms with Gasteiger partial charge in [-0.25, -0.2) is 0 Å². The van der Waals surface area contributed by atoms with E-state index in [9.17, 15) is 4.91 Å². The lowest BCUT2D eigenvalue weighted by Crippen LogP contribution is -2.30. The van der Waals surface area contributed by atoms with Gasteiger partial charge in [0.15, 0.2) is 0 Å². The van der Waals surface area contributed by atoms with Crippen molar-refractivity contribution < 1.29 is 0 Å². The van der Waals surface area contributed by atoms with E-state index in [2.05, 4.69) is 44.6 Å². The topological polar surface area (TPSA) is 72.2 Å². The summed E-state index contributed by atoms with van der Waals surface area (Å²) < 4.78 is 2.12. The Morgan fingerprint density at radius 1 is 1.07 bits per heavy atom. The molecule has 0 saturated carbocycles. The Morgan fingerprint density at radius 3 is 2.69 bits per heavy atom. The largest absolute Gasteiger partial charge is 0.317 e. The van der Waals surface area contributed by atoms with E-state index < -0.39 is 0 Å². The van der Waals surface area contributed by atoms with Crippen molar-refractivity contribution in [2.75, 3.05) is 13.1 Å². The second-order valence-corrected chi connectivity index (χ2v) is 8.12. The lowest BCUT2D eigenvalue weighted by Gasteiger charge is -2.22. The van der Waals surface area contributed by atoms with E-state index in [4.69, 9.17) is 5.10 Å². The van der Waals surface area contributed by atoms with Crippen LogP contribution in [0.25, 0.3) is 22.4 Å². The minimum atomic E-state index is -0.193. The number of nitroso groups, excluding NO2 is 1. The molecule has 1 atom stereocenters. The summed E-state index contributed by atoms with van der Waals surface area (Å²) in [6, 6.07) is 10.2. The van der Waals surface area contributed by atoms with Crippen LogP contribution in [0, 0.1) is 10.8 Å². The van der Waals surface area contributed by atoms with Crippen molar-refractivity contribution in [2.45, 2.75) is 38.3 Å². The van der Waals surface area contributed by atoms with Crippen molar-refractivity contribution in [3.05, 3.63) is 65.0 Å². The number of aryl methyl sites for hydroxylation is 1. The number of nitrogens with zero attached hydrogens (tertiary/aromatic N) is 4. The second kappa shape index (κ2) is 7.87. The Hall–Kier alpha value is -2.86. The molecule has 1 aliphatic carbocycles. The first-order valence-corrected chi connectivity index (χ1v) is 10.5. The number of hydrogen-bond donors (Lipinski definition) is 1. The summed E-state index contributed by atoms with van der Waals surface area (Å²) >= 11 is 0. The summed E-state index contributed by atoms with van der Waals surface area (Å²) in [7, 11) is 0. The molecular weight excluding hydrogens is 362 g/mol. The molecule has 1 saturated heterocycles. The van der Waals surface area contributed by atoms with Crippen molar-refractivity contribution in [2.24, 2.45) is 11.1 Å². The van der Waals surface area contributed by atoms with E-state index in [1.54, 1.807) is 0 Å². The molecule has 6 nitrogen and oxygen atoms in total. The molecule has 0 amide bonds. The Labute approximate surface area is 170 Å². The fourth-order valence-corrected chi connectivity index (χ4v) is 4.65. The molecular formula is C23H25N5O. The fraction of sp³-hybridized carbons (Fsp3) is 0.391. The predicted molar refractivity (Wildman–Crippen MR) is 113 cm³/mol. The van der Waals surface area contributed by atoms with Crippen LogP contribution in [0.1, 0.15) is 36.4 Å². The normalized spacial score (nSPS) is 19.2. The molecule has 6 heteroatoms. The minimum absolute atomic E-state index is 0.193. The first-order valence-electron chi connectivity index (χ1n) is 10.5. The van der Waals surface area contributed by atoms with E-state index in [0.717, 1.165) is 60.4 Å². The molecule has 1 fully saturated rings. The maximum absolute atomic E-state index is 11.1. The van der Waals surface area contributed by atoms with E-state index in [-0.39, 0.29) is 6.04 Å². The summed E-state index contributed by atoms with van der Waals surface area (Å²) in [4.78, 5) is 15.2. The number of rotatable bonds is 5. The lowest BCUT2D eigenvalue weighted by molar-refractivity contribution is 0.321. The molecule has 1 unspecified atom stereocenters. The molecule has 1 N–H and O–H groups in total. The third-order valence-corrected chi connectivity index (χ3v) is 6.25. The molecule has 0 spiro atoms. The highest BCUT2D eigenvalue weighted by Gasteiger charge is 2.24. The van der Waals surface area contributed by atoms with Gasteiger partial charge in [-0.15, -0.1) is 0 Å². The van der Waals surface area contributed by atoms with Crippen LogP contribution in [0.3, 0.4) is 0 Å². The van der Waals surface area contributed by atoms with Gasteiger partial charge in [0, 0.05) is 36.3 Å². The van der Waals surface area contributed by atoms with Gasteiger partial charge in [0.2, 0.25) is 0 Å². The smallest absolute Gasteiger partial charge is 0.117 e. The van der Waals surface area contributed by atoms with Crippen LogP contribution in [0.15, 0.2) is 54.1 Å². The van der Waals surface area contributed by atoms with Crippen LogP contribution in [0.5, 0.6) is 0 Å². The zero-order chi connectivity index (χ0) is 19.6. The van der Waals surface area contributed by atoms with Crippen LogP contribution in [-0.2, 0) is 13.0 Å². The van der Waals surface area contributed by atoms with Crippen molar-refractivity contribution >= 4 is 0 Å². The number of aromatic nitrogens is 3. The van der Waals surface area contributed by atoms with Crippen molar-refractivity contribution in [1.82, 2.24) is 20.1 Å². The van der Waals surface area contributed by atoms with Crippen LogP contribution < -0.4 is 5.32 Å². The number of pyridine rings is 1. The van der Waals surface area contributed by atoms with Gasteiger partial charge in [-0.05, 0) is 73.5 Å². The number of piperidine rings is 1. The zero-order valence-electron chi connectivity index (χ0n) is 16.4. The Kier molecular flexibility index (Phi) is 4.94. The quantitative estimate of drug-likeness (QED) is 0.660. The van der Waals surface area contributed by atoms with E-state index in [0.29, 0.717) is 5.92 Å². The van der Waals surface area contributed by atoms with Crippen molar-refractivity contribution in [3.8, 4) is 22.4 Å². The average Bonchev–Trinajstić information content (AvgIpc) is 3.38. The molecule has 5 rings (SSSR count). The molecule has 29 heavy (non-hydrogen) atoms. The molecule has 0 bridgehead atoms. The van der Waals surface area contributed by atoms with Gasteiger partial charge in [-0.3, -0.25) is 9.67 Å². The Bertz CT molecular complexity index is 1010. The van der Waals surface area contributed by atoms with Crippen LogP contribution in [-0.4, -0.2) is 27.9 Å². The average molecular weight is 387 g/mol. The van der Waals surface area contributed by atoms with Gasteiger partial charge >= 0.3 is 0 Å². The van der Waals surface area contributed by atoms with E-state index in [1.165, 1.54) is 18.4 Å². The highest BCUT2D eigenvalue weighted by atomic mass is 16.3. The van der Waals surface area contributed by atoms with Crippen molar-refractivity contribution in [1.29, 1.82) is 0 Å².